The Balaban J connectivity index is 1.59. The first-order chi connectivity index (χ1) is 14.8. The topological polar surface area (TPSA) is 97.2 Å². The quantitative estimate of drug-likeness (QED) is 0.625. The minimum atomic E-state index is -3.87. The number of imidazole rings is 1. The molecule has 2 unspecified atom stereocenters. The van der Waals surface area contributed by atoms with Crippen LogP contribution in [0.4, 0.5) is 4.39 Å². The third-order valence-electron chi connectivity index (χ3n) is 5.38. The van der Waals surface area contributed by atoms with E-state index in [0.717, 1.165) is 0 Å². The van der Waals surface area contributed by atoms with Crippen LogP contribution < -0.4 is 5.32 Å². The van der Waals surface area contributed by atoms with E-state index in [4.69, 9.17) is 0 Å². The molecule has 0 radical (unpaired) electrons. The zero-order valence-corrected chi connectivity index (χ0v) is 17.7. The number of pyridine rings is 1. The number of rotatable bonds is 6. The predicted octanol–water partition coefficient (Wildman–Crippen LogP) is 1.67. The van der Waals surface area contributed by atoms with Crippen LogP contribution in [0.5, 0.6) is 0 Å². The third-order valence-corrected chi connectivity index (χ3v) is 7.09. The summed E-state index contributed by atoms with van der Waals surface area (Å²) in [5.41, 5.74) is 1.41. The fourth-order valence-electron chi connectivity index (χ4n) is 3.74. The summed E-state index contributed by atoms with van der Waals surface area (Å²) in [4.78, 5) is 21.2. The van der Waals surface area contributed by atoms with E-state index in [9.17, 15) is 17.6 Å². The number of hydrogen-bond acceptors (Lipinski definition) is 5. The highest BCUT2D eigenvalue weighted by Crippen LogP contribution is 2.35. The van der Waals surface area contributed by atoms with Gasteiger partial charge >= 0.3 is 0 Å². The number of sulfonamides is 1. The van der Waals surface area contributed by atoms with Crippen molar-refractivity contribution in [2.24, 2.45) is 13.0 Å². The van der Waals surface area contributed by atoms with Crippen LogP contribution in [0.25, 0.3) is 0 Å². The molecule has 0 aliphatic carbocycles. The number of carbonyl (C=O) groups excluding carboxylic acids is 1. The van der Waals surface area contributed by atoms with Crippen molar-refractivity contribution in [2.75, 3.05) is 13.1 Å². The van der Waals surface area contributed by atoms with Crippen LogP contribution in [0.2, 0.25) is 0 Å². The molecule has 1 amide bonds. The van der Waals surface area contributed by atoms with Crippen molar-refractivity contribution >= 4 is 15.9 Å². The van der Waals surface area contributed by atoms with Gasteiger partial charge in [0.05, 0.1) is 24.5 Å². The monoisotopic (exact) mass is 443 g/mol. The molecule has 3 heterocycles. The number of carbonyl (C=O) groups is 1. The Kier molecular flexibility index (Phi) is 5.84. The van der Waals surface area contributed by atoms with E-state index in [1.54, 1.807) is 42.1 Å². The van der Waals surface area contributed by atoms with Crippen molar-refractivity contribution in [3.05, 3.63) is 78.3 Å². The summed E-state index contributed by atoms with van der Waals surface area (Å²) in [5, 5.41) is 2.78. The second-order valence-corrected chi connectivity index (χ2v) is 9.39. The number of amides is 1. The lowest BCUT2D eigenvalue weighted by atomic mass is 9.88. The summed E-state index contributed by atoms with van der Waals surface area (Å²) < 4.78 is 42.4. The first-order valence-corrected chi connectivity index (χ1v) is 11.2. The minimum Gasteiger partial charge on any atom is -0.350 e. The van der Waals surface area contributed by atoms with Gasteiger partial charge in [0.15, 0.2) is 5.03 Å². The van der Waals surface area contributed by atoms with Gasteiger partial charge in [-0.3, -0.25) is 9.78 Å². The molecule has 3 aromatic rings. The van der Waals surface area contributed by atoms with Crippen molar-refractivity contribution in [3.8, 4) is 0 Å². The normalized spacial score (nSPS) is 19.4. The number of hydrogen-bond donors (Lipinski definition) is 1. The van der Waals surface area contributed by atoms with Crippen molar-refractivity contribution in [2.45, 2.75) is 17.5 Å². The van der Waals surface area contributed by atoms with Crippen molar-refractivity contribution < 1.29 is 17.6 Å². The van der Waals surface area contributed by atoms with E-state index in [1.165, 1.54) is 29.0 Å². The number of aromatic nitrogens is 3. The third kappa shape index (κ3) is 4.49. The summed E-state index contributed by atoms with van der Waals surface area (Å²) in [6.45, 7) is 0.348. The van der Waals surface area contributed by atoms with E-state index in [2.05, 4.69) is 15.3 Å². The zero-order chi connectivity index (χ0) is 22.0. The smallest absolute Gasteiger partial charge is 0.262 e. The van der Waals surface area contributed by atoms with Gasteiger partial charge in [0.25, 0.3) is 10.0 Å². The molecule has 1 N–H and O–H groups in total. The molecule has 2 aromatic heterocycles. The molecule has 2 atom stereocenters. The number of benzene rings is 1. The van der Waals surface area contributed by atoms with E-state index < -0.39 is 27.7 Å². The first-order valence-electron chi connectivity index (χ1n) is 9.76. The fourth-order valence-corrected chi connectivity index (χ4v) is 5.20. The number of halogens is 1. The molecule has 0 spiro atoms. The van der Waals surface area contributed by atoms with Crippen molar-refractivity contribution in [1.29, 1.82) is 0 Å². The van der Waals surface area contributed by atoms with Crippen LogP contribution in [0, 0.1) is 11.7 Å². The lowest BCUT2D eigenvalue weighted by Crippen LogP contribution is -2.35. The number of nitrogens with zero attached hydrogens (tertiary/aromatic N) is 4. The fraction of sp³-hybridized carbons (Fsp3) is 0.286. The highest BCUT2D eigenvalue weighted by molar-refractivity contribution is 7.89. The lowest BCUT2D eigenvalue weighted by Gasteiger charge is -2.18. The highest BCUT2D eigenvalue weighted by Gasteiger charge is 2.44. The van der Waals surface area contributed by atoms with E-state index in [1.807, 2.05) is 6.07 Å². The number of nitrogens with one attached hydrogen (secondary N) is 1. The van der Waals surface area contributed by atoms with Gasteiger partial charge in [-0.1, -0.05) is 18.2 Å². The van der Waals surface area contributed by atoms with Crippen molar-refractivity contribution in [1.82, 2.24) is 24.2 Å². The molecule has 8 nitrogen and oxygen atoms in total. The molecule has 0 saturated carbocycles. The van der Waals surface area contributed by atoms with Crippen LogP contribution in [-0.4, -0.2) is 46.3 Å². The molecule has 31 heavy (non-hydrogen) atoms. The van der Waals surface area contributed by atoms with Gasteiger partial charge in [-0.25, -0.2) is 17.8 Å². The second kappa shape index (κ2) is 8.56. The van der Waals surface area contributed by atoms with Crippen molar-refractivity contribution in [3.63, 3.8) is 0 Å². The molecule has 0 bridgehead atoms. The van der Waals surface area contributed by atoms with Crippen LogP contribution >= 0.6 is 0 Å². The van der Waals surface area contributed by atoms with Gasteiger partial charge in [0.2, 0.25) is 5.91 Å². The summed E-state index contributed by atoms with van der Waals surface area (Å²) in [6, 6.07) is 11.2. The molecule has 4 rings (SSSR count). The predicted molar refractivity (Wildman–Crippen MR) is 111 cm³/mol. The Morgan fingerprint density at radius 3 is 2.58 bits per heavy atom. The Hall–Kier alpha value is -3.11. The molecular weight excluding hydrogens is 421 g/mol. The average molecular weight is 444 g/mol. The summed E-state index contributed by atoms with van der Waals surface area (Å²) in [7, 11) is -2.18. The van der Waals surface area contributed by atoms with Gasteiger partial charge in [-0.2, -0.15) is 4.31 Å². The standard InChI is InChI=1S/C21H22FN5O3S/c1-26-13-20(25-14-26)31(29,30)27-11-18(15-5-7-16(22)8-6-15)19(12-27)21(28)24-10-17-4-2-3-9-23-17/h2-9,13-14,18-19H,10-12H2,1H3,(H,24,28). The molecule has 1 fully saturated rings. The number of aryl methyl sites for hydroxylation is 1. The van der Waals surface area contributed by atoms with Gasteiger partial charge in [-0.15, -0.1) is 0 Å². The Morgan fingerprint density at radius 1 is 1.16 bits per heavy atom. The van der Waals surface area contributed by atoms with Gasteiger partial charge in [0.1, 0.15) is 5.82 Å². The molecule has 1 aliphatic rings. The van der Waals surface area contributed by atoms with E-state index in [0.29, 0.717) is 11.3 Å². The van der Waals surface area contributed by atoms with Gasteiger partial charge < -0.3 is 9.88 Å². The minimum absolute atomic E-state index is 0.00893. The van der Waals surface area contributed by atoms with Gasteiger partial charge in [0, 0.05) is 38.4 Å². The first kappa shape index (κ1) is 21.1. The Labute approximate surface area is 179 Å². The second-order valence-electron chi connectivity index (χ2n) is 7.50. The highest BCUT2D eigenvalue weighted by atomic mass is 32.2. The molecule has 1 saturated heterocycles. The van der Waals surface area contributed by atoms with Crippen LogP contribution in [0.3, 0.4) is 0 Å². The molecular formula is C21H22FN5O3S. The largest absolute Gasteiger partial charge is 0.350 e. The average Bonchev–Trinajstić information content (AvgIpc) is 3.41. The molecule has 1 aromatic carbocycles. The Morgan fingerprint density at radius 2 is 1.94 bits per heavy atom. The molecule has 10 heteroatoms. The maximum atomic E-state index is 13.4. The maximum Gasteiger partial charge on any atom is 0.262 e. The van der Waals surface area contributed by atoms with Crippen LogP contribution in [0.15, 0.2) is 66.2 Å². The SMILES string of the molecule is Cn1cnc(S(=O)(=O)N2CC(C(=O)NCc3ccccn3)C(c3ccc(F)cc3)C2)c1. The van der Waals surface area contributed by atoms with Gasteiger partial charge in [-0.05, 0) is 29.8 Å². The van der Waals surface area contributed by atoms with Crippen LogP contribution in [-0.2, 0) is 28.4 Å². The summed E-state index contributed by atoms with van der Waals surface area (Å²) in [5.74, 6) is -1.72. The summed E-state index contributed by atoms with van der Waals surface area (Å²) in [6.07, 6.45) is 4.48. The lowest BCUT2D eigenvalue weighted by molar-refractivity contribution is -0.125. The maximum absolute atomic E-state index is 13.4. The Bertz CT molecular complexity index is 1170. The zero-order valence-electron chi connectivity index (χ0n) is 16.8. The van der Waals surface area contributed by atoms with E-state index >= 15 is 0 Å². The van der Waals surface area contributed by atoms with E-state index in [-0.39, 0.29) is 30.6 Å². The molecule has 1 aliphatic heterocycles. The summed E-state index contributed by atoms with van der Waals surface area (Å²) >= 11 is 0. The molecule has 162 valence electrons. The van der Waals surface area contributed by atoms with Crippen LogP contribution in [0.1, 0.15) is 17.2 Å².